The van der Waals surface area contributed by atoms with Crippen molar-refractivity contribution < 1.29 is 14.3 Å². The van der Waals surface area contributed by atoms with E-state index in [4.69, 9.17) is 4.42 Å². The first-order chi connectivity index (χ1) is 12.9. The zero-order chi connectivity index (χ0) is 19.2. The number of hydrogen-bond donors (Lipinski definition) is 1. The molecule has 2 heterocycles. The Morgan fingerprint density at radius 1 is 1.19 bits per heavy atom. The number of benzene rings is 1. The Morgan fingerprint density at radius 2 is 1.93 bits per heavy atom. The van der Waals surface area contributed by atoms with Crippen LogP contribution in [0.15, 0.2) is 53.1 Å². The van der Waals surface area contributed by atoms with Crippen LogP contribution in [0.3, 0.4) is 0 Å². The molecule has 27 heavy (non-hydrogen) atoms. The van der Waals surface area contributed by atoms with Gasteiger partial charge in [-0.05, 0) is 47.8 Å². The second-order valence-corrected chi connectivity index (χ2v) is 8.45. The summed E-state index contributed by atoms with van der Waals surface area (Å²) in [5.41, 5.74) is 5.50. The zero-order valence-corrected chi connectivity index (χ0v) is 16.0. The lowest BCUT2D eigenvalue weighted by Gasteiger charge is -2.34. The van der Waals surface area contributed by atoms with Gasteiger partial charge in [0, 0.05) is 11.8 Å². The van der Waals surface area contributed by atoms with Crippen molar-refractivity contribution in [2.75, 3.05) is 0 Å². The molecule has 0 amide bonds. The molecule has 4 nitrogen and oxygen atoms in total. The summed E-state index contributed by atoms with van der Waals surface area (Å²) in [5.74, 6) is -0.434. The van der Waals surface area contributed by atoms with Crippen LogP contribution in [-0.4, -0.2) is 15.6 Å². The van der Waals surface area contributed by atoms with Crippen molar-refractivity contribution in [3.05, 3.63) is 65.7 Å². The molecule has 0 saturated carbocycles. The summed E-state index contributed by atoms with van der Waals surface area (Å²) in [6.45, 7) is 6.91. The van der Waals surface area contributed by atoms with E-state index in [0.29, 0.717) is 11.6 Å². The molecule has 1 N–H and O–H groups in total. The van der Waals surface area contributed by atoms with Gasteiger partial charge in [0.25, 0.3) is 0 Å². The molecule has 0 bridgehead atoms. The van der Waals surface area contributed by atoms with Gasteiger partial charge in [-0.1, -0.05) is 51.1 Å². The molecular weight excluding hydrogens is 338 g/mol. The monoisotopic (exact) mass is 363 g/mol. The van der Waals surface area contributed by atoms with Crippen LogP contribution >= 0.6 is 0 Å². The smallest absolute Gasteiger partial charge is 0.374 e. The number of fused-ring (bicyclic) bond motifs is 1. The van der Waals surface area contributed by atoms with E-state index >= 15 is 0 Å². The van der Waals surface area contributed by atoms with Gasteiger partial charge in [-0.15, -0.1) is 0 Å². The topological polar surface area (TPSA) is 55.4 Å². The van der Waals surface area contributed by atoms with Crippen LogP contribution in [0.4, 0.5) is 0 Å². The van der Waals surface area contributed by atoms with Gasteiger partial charge < -0.3 is 14.1 Å². The fourth-order valence-corrected chi connectivity index (χ4v) is 4.20. The molecule has 0 fully saturated rings. The maximum atomic E-state index is 11.7. The minimum Gasteiger partial charge on any atom is -0.475 e. The fraction of sp³-hybridized carbons (Fsp3) is 0.348. The molecule has 0 radical (unpaired) electrons. The van der Waals surface area contributed by atoms with Crippen LogP contribution in [0.1, 0.15) is 49.0 Å². The number of carbonyl (C=O) groups is 1. The molecule has 4 heteroatoms. The highest BCUT2D eigenvalue weighted by molar-refractivity contribution is 5.89. The number of carboxylic acids is 1. The lowest BCUT2D eigenvalue weighted by Crippen LogP contribution is -2.27. The summed E-state index contributed by atoms with van der Waals surface area (Å²) in [6.07, 6.45) is 4.52. The minimum absolute atomic E-state index is 0.0106. The molecule has 140 valence electrons. The van der Waals surface area contributed by atoms with Crippen LogP contribution < -0.4 is 0 Å². The molecular formula is C23H25NO3. The summed E-state index contributed by atoms with van der Waals surface area (Å²) < 4.78 is 7.38. The Balaban J connectivity index is 1.91. The highest BCUT2D eigenvalue weighted by atomic mass is 16.4. The second kappa shape index (κ2) is 6.45. The number of hydrogen-bond acceptors (Lipinski definition) is 2. The summed E-state index contributed by atoms with van der Waals surface area (Å²) in [4.78, 5) is 11.7. The SMILES string of the molecule is CC(C)(C)C1CCc2c(cc(-c3ccccc3)n2-c2ccoc2C(=O)O)C1. The lowest BCUT2D eigenvalue weighted by atomic mass is 9.72. The van der Waals surface area contributed by atoms with Crippen molar-refractivity contribution in [3.8, 4) is 16.9 Å². The van der Waals surface area contributed by atoms with Crippen molar-refractivity contribution in [2.45, 2.75) is 40.0 Å². The van der Waals surface area contributed by atoms with E-state index in [2.05, 4.69) is 43.5 Å². The lowest BCUT2D eigenvalue weighted by molar-refractivity contribution is 0.0662. The van der Waals surface area contributed by atoms with Crippen molar-refractivity contribution in [2.24, 2.45) is 11.3 Å². The average molecular weight is 363 g/mol. The van der Waals surface area contributed by atoms with Gasteiger partial charge in [0.1, 0.15) is 0 Å². The van der Waals surface area contributed by atoms with Crippen LogP contribution in [0.25, 0.3) is 16.9 Å². The van der Waals surface area contributed by atoms with Crippen LogP contribution in [0.5, 0.6) is 0 Å². The van der Waals surface area contributed by atoms with Gasteiger partial charge in [-0.3, -0.25) is 0 Å². The summed E-state index contributed by atoms with van der Waals surface area (Å²) >= 11 is 0. The third kappa shape index (κ3) is 3.09. The largest absolute Gasteiger partial charge is 0.475 e. The first-order valence-corrected chi connectivity index (χ1v) is 9.46. The number of aromatic nitrogens is 1. The van der Waals surface area contributed by atoms with Crippen LogP contribution in [0.2, 0.25) is 0 Å². The fourth-order valence-electron chi connectivity index (χ4n) is 4.20. The molecule has 1 aliphatic carbocycles. The Kier molecular flexibility index (Phi) is 4.22. The minimum atomic E-state index is -1.04. The van der Waals surface area contributed by atoms with Gasteiger partial charge in [-0.25, -0.2) is 4.79 Å². The van der Waals surface area contributed by atoms with Gasteiger partial charge in [0.2, 0.25) is 5.76 Å². The Labute approximate surface area is 159 Å². The second-order valence-electron chi connectivity index (χ2n) is 8.45. The number of aromatic carboxylic acids is 1. The van der Waals surface area contributed by atoms with Crippen LogP contribution in [0, 0.1) is 11.3 Å². The van der Waals surface area contributed by atoms with Gasteiger partial charge in [-0.2, -0.15) is 0 Å². The van der Waals surface area contributed by atoms with Crippen molar-refractivity contribution in [1.82, 2.24) is 4.57 Å². The Bertz CT molecular complexity index is 973. The van der Waals surface area contributed by atoms with E-state index in [1.54, 1.807) is 6.07 Å². The predicted octanol–water partition coefficient (Wildman–Crippen LogP) is 5.59. The number of rotatable bonds is 3. The quantitative estimate of drug-likeness (QED) is 0.660. The number of carboxylic acid groups (broad SMARTS) is 1. The van der Waals surface area contributed by atoms with E-state index in [1.807, 2.05) is 18.2 Å². The molecule has 4 rings (SSSR count). The standard InChI is InChI=1S/C23H25NO3/c1-23(2,3)17-9-10-18-16(13-17)14-20(15-7-5-4-6-8-15)24(18)19-11-12-27-21(19)22(25)26/h4-8,11-12,14,17H,9-10,13H2,1-3H3,(H,25,26). The molecule has 1 atom stereocenters. The molecule has 0 saturated heterocycles. The summed E-state index contributed by atoms with van der Waals surface area (Å²) in [6, 6.07) is 14.1. The molecule has 1 aliphatic rings. The molecule has 3 aromatic rings. The van der Waals surface area contributed by atoms with Crippen molar-refractivity contribution >= 4 is 5.97 Å². The molecule has 1 aromatic carbocycles. The van der Waals surface area contributed by atoms with Gasteiger partial charge >= 0.3 is 5.97 Å². The predicted molar refractivity (Wildman–Crippen MR) is 105 cm³/mol. The van der Waals surface area contributed by atoms with Crippen molar-refractivity contribution in [3.63, 3.8) is 0 Å². The molecule has 0 aliphatic heterocycles. The van der Waals surface area contributed by atoms with E-state index in [9.17, 15) is 9.90 Å². The highest BCUT2D eigenvalue weighted by Crippen LogP contribution is 2.41. The van der Waals surface area contributed by atoms with E-state index in [1.165, 1.54) is 17.5 Å². The number of furan rings is 1. The first-order valence-electron chi connectivity index (χ1n) is 9.46. The summed E-state index contributed by atoms with van der Waals surface area (Å²) in [7, 11) is 0. The maximum Gasteiger partial charge on any atom is 0.374 e. The Hall–Kier alpha value is -2.75. The Morgan fingerprint density at radius 3 is 2.59 bits per heavy atom. The zero-order valence-electron chi connectivity index (χ0n) is 16.0. The van der Waals surface area contributed by atoms with E-state index in [0.717, 1.165) is 30.5 Å². The van der Waals surface area contributed by atoms with Crippen molar-refractivity contribution in [1.29, 1.82) is 0 Å². The number of nitrogens with zero attached hydrogens (tertiary/aromatic N) is 1. The third-order valence-corrected chi connectivity index (χ3v) is 5.76. The summed E-state index contributed by atoms with van der Waals surface area (Å²) in [5, 5.41) is 9.56. The normalized spacial score (nSPS) is 16.9. The molecule has 0 spiro atoms. The van der Waals surface area contributed by atoms with Crippen LogP contribution in [-0.2, 0) is 12.8 Å². The average Bonchev–Trinajstić information content (AvgIpc) is 3.25. The van der Waals surface area contributed by atoms with Gasteiger partial charge in [0.05, 0.1) is 17.6 Å². The van der Waals surface area contributed by atoms with E-state index in [-0.39, 0.29) is 11.2 Å². The first kappa shape index (κ1) is 17.7. The highest BCUT2D eigenvalue weighted by Gasteiger charge is 2.32. The molecule has 1 unspecified atom stereocenters. The van der Waals surface area contributed by atoms with Gasteiger partial charge in [0.15, 0.2) is 0 Å². The molecule has 2 aromatic heterocycles. The van der Waals surface area contributed by atoms with E-state index < -0.39 is 5.97 Å². The third-order valence-electron chi connectivity index (χ3n) is 5.76. The maximum absolute atomic E-state index is 11.7.